The molecule has 3 aromatic rings. The SMILES string of the molecule is Cc1noc(C)c1CSc1ncccc1C(=O)Nc1ccc(Br)cc1Cl. The van der Waals surface area contributed by atoms with Crippen molar-refractivity contribution in [3.8, 4) is 0 Å². The van der Waals surface area contributed by atoms with Crippen molar-refractivity contribution in [1.29, 1.82) is 0 Å². The number of thioether (sulfide) groups is 1. The van der Waals surface area contributed by atoms with E-state index >= 15 is 0 Å². The third kappa shape index (κ3) is 4.28. The van der Waals surface area contributed by atoms with Crippen molar-refractivity contribution in [2.45, 2.75) is 24.6 Å². The molecule has 3 rings (SSSR count). The highest BCUT2D eigenvalue weighted by Gasteiger charge is 2.16. The number of nitrogens with zero attached hydrogens (tertiary/aromatic N) is 2. The third-order valence-electron chi connectivity index (χ3n) is 3.73. The highest BCUT2D eigenvalue weighted by atomic mass is 79.9. The zero-order valence-electron chi connectivity index (χ0n) is 14.0. The van der Waals surface area contributed by atoms with E-state index in [2.05, 4.69) is 31.4 Å². The van der Waals surface area contributed by atoms with Crippen LogP contribution in [0.1, 0.15) is 27.4 Å². The van der Waals surface area contributed by atoms with Crippen molar-refractivity contribution < 1.29 is 9.32 Å². The van der Waals surface area contributed by atoms with Crippen LogP contribution >= 0.6 is 39.3 Å². The number of rotatable bonds is 5. The van der Waals surface area contributed by atoms with Crippen LogP contribution in [0.4, 0.5) is 5.69 Å². The van der Waals surface area contributed by atoms with E-state index in [1.54, 1.807) is 30.5 Å². The predicted molar refractivity (Wildman–Crippen MR) is 107 cm³/mol. The van der Waals surface area contributed by atoms with Crippen molar-refractivity contribution in [2.24, 2.45) is 0 Å². The van der Waals surface area contributed by atoms with Gasteiger partial charge in [0, 0.05) is 22.0 Å². The van der Waals surface area contributed by atoms with Crippen LogP contribution in [-0.4, -0.2) is 16.0 Å². The van der Waals surface area contributed by atoms with E-state index in [9.17, 15) is 4.79 Å². The molecule has 26 heavy (non-hydrogen) atoms. The second-order valence-corrected chi connectivity index (χ2v) is 7.81. The zero-order chi connectivity index (χ0) is 18.7. The molecule has 1 aromatic carbocycles. The number of aromatic nitrogens is 2. The number of aryl methyl sites for hydroxylation is 2. The van der Waals surface area contributed by atoms with Gasteiger partial charge in [-0.3, -0.25) is 4.79 Å². The largest absolute Gasteiger partial charge is 0.361 e. The first-order chi connectivity index (χ1) is 12.5. The van der Waals surface area contributed by atoms with Crippen LogP contribution in [0.15, 0.2) is 50.6 Å². The monoisotopic (exact) mass is 451 g/mol. The van der Waals surface area contributed by atoms with Gasteiger partial charge < -0.3 is 9.84 Å². The molecule has 0 aliphatic heterocycles. The lowest BCUT2D eigenvalue weighted by atomic mass is 10.2. The van der Waals surface area contributed by atoms with E-state index < -0.39 is 0 Å². The number of carbonyl (C=O) groups is 1. The Morgan fingerprint density at radius 3 is 2.85 bits per heavy atom. The van der Waals surface area contributed by atoms with E-state index in [1.165, 1.54) is 11.8 Å². The number of nitrogens with one attached hydrogen (secondary N) is 1. The van der Waals surface area contributed by atoms with Crippen LogP contribution in [0.3, 0.4) is 0 Å². The van der Waals surface area contributed by atoms with Gasteiger partial charge in [0.2, 0.25) is 0 Å². The molecule has 5 nitrogen and oxygen atoms in total. The van der Waals surface area contributed by atoms with Gasteiger partial charge in [-0.2, -0.15) is 0 Å². The molecule has 0 saturated carbocycles. The fourth-order valence-electron chi connectivity index (χ4n) is 2.31. The lowest BCUT2D eigenvalue weighted by molar-refractivity contribution is 0.102. The minimum absolute atomic E-state index is 0.261. The summed E-state index contributed by atoms with van der Waals surface area (Å²) in [6.07, 6.45) is 1.67. The van der Waals surface area contributed by atoms with E-state index in [0.29, 0.717) is 27.1 Å². The molecule has 134 valence electrons. The average molecular weight is 453 g/mol. The summed E-state index contributed by atoms with van der Waals surface area (Å²) in [6.45, 7) is 3.77. The van der Waals surface area contributed by atoms with Crippen molar-refractivity contribution in [2.75, 3.05) is 5.32 Å². The van der Waals surface area contributed by atoms with Gasteiger partial charge >= 0.3 is 0 Å². The number of halogens is 2. The number of carbonyl (C=O) groups excluding carboxylic acids is 1. The quantitative estimate of drug-likeness (QED) is 0.507. The standard InChI is InChI=1S/C18H15BrClN3O2S/c1-10-14(11(2)25-23-10)9-26-18-13(4-3-7-21-18)17(24)22-16-6-5-12(19)8-15(16)20/h3-8H,9H2,1-2H3,(H,22,24). The summed E-state index contributed by atoms with van der Waals surface area (Å²) in [5.41, 5.74) is 2.90. The Labute approximate surface area is 168 Å². The smallest absolute Gasteiger partial charge is 0.258 e. The number of hydrogen-bond acceptors (Lipinski definition) is 5. The molecular weight excluding hydrogens is 438 g/mol. The fourth-order valence-corrected chi connectivity index (χ4v) is 4.17. The van der Waals surface area contributed by atoms with Crippen LogP contribution in [0.2, 0.25) is 5.02 Å². The Morgan fingerprint density at radius 2 is 2.15 bits per heavy atom. The van der Waals surface area contributed by atoms with Gasteiger partial charge in [0.05, 0.1) is 22.0 Å². The van der Waals surface area contributed by atoms with Crippen LogP contribution in [0, 0.1) is 13.8 Å². The molecule has 0 unspecified atom stereocenters. The molecule has 0 radical (unpaired) electrons. The van der Waals surface area contributed by atoms with Gasteiger partial charge in [-0.15, -0.1) is 11.8 Å². The number of amides is 1. The molecule has 2 aromatic heterocycles. The molecule has 0 atom stereocenters. The average Bonchev–Trinajstić information content (AvgIpc) is 2.94. The molecule has 0 bridgehead atoms. The first-order valence-corrected chi connectivity index (χ1v) is 9.87. The maximum Gasteiger partial charge on any atom is 0.258 e. The Hall–Kier alpha value is -1.83. The van der Waals surface area contributed by atoms with Gasteiger partial charge in [-0.1, -0.05) is 32.7 Å². The molecule has 1 amide bonds. The summed E-state index contributed by atoms with van der Waals surface area (Å²) in [4.78, 5) is 17.0. The third-order valence-corrected chi connectivity index (χ3v) is 5.57. The normalized spacial score (nSPS) is 10.8. The maximum absolute atomic E-state index is 12.7. The van der Waals surface area contributed by atoms with Crippen molar-refractivity contribution in [3.63, 3.8) is 0 Å². The number of benzene rings is 1. The Kier molecular flexibility index (Phi) is 6.01. The van der Waals surface area contributed by atoms with Crippen LogP contribution in [0.5, 0.6) is 0 Å². The predicted octanol–water partition coefficient (Wildman–Crippen LogP) is 5.65. The lowest BCUT2D eigenvalue weighted by Gasteiger charge is -2.10. The molecule has 0 fully saturated rings. The van der Waals surface area contributed by atoms with Crippen molar-refractivity contribution in [1.82, 2.24) is 10.1 Å². The molecule has 2 heterocycles. The first-order valence-electron chi connectivity index (χ1n) is 7.71. The molecule has 0 aliphatic carbocycles. The Morgan fingerprint density at radius 1 is 1.35 bits per heavy atom. The van der Waals surface area contributed by atoms with E-state index in [4.69, 9.17) is 16.1 Å². The van der Waals surface area contributed by atoms with Crippen molar-refractivity contribution >= 4 is 50.9 Å². The summed E-state index contributed by atoms with van der Waals surface area (Å²) >= 11 is 11.0. The molecule has 0 spiro atoms. The number of hydrogen-bond donors (Lipinski definition) is 1. The number of pyridine rings is 1. The van der Waals surface area contributed by atoms with E-state index in [1.807, 2.05) is 19.9 Å². The zero-order valence-corrected chi connectivity index (χ0v) is 17.2. The Balaban J connectivity index is 1.79. The van der Waals surface area contributed by atoms with E-state index in [-0.39, 0.29) is 5.91 Å². The number of anilines is 1. The maximum atomic E-state index is 12.7. The highest BCUT2D eigenvalue weighted by molar-refractivity contribution is 9.10. The summed E-state index contributed by atoms with van der Waals surface area (Å²) in [7, 11) is 0. The summed E-state index contributed by atoms with van der Waals surface area (Å²) in [6, 6.07) is 8.77. The molecule has 8 heteroatoms. The fraction of sp³-hybridized carbons (Fsp3) is 0.167. The second-order valence-electron chi connectivity index (χ2n) is 5.53. The van der Waals surface area contributed by atoms with Gasteiger partial charge in [0.15, 0.2) is 0 Å². The minimum Gasteiger partial charge on any atom is -0.361 e. The Bertz CT molecular complexity index is 942. The molecular formula is C18H15BrClN3O2S. The highest BCUT2D eigenvalue weighted by Crippen LogP contribution is 2.29. The van der Waals surface area contributed by atoms with Crippen LogP contribution in [-0.2, 0) is 5.75 Å². The minimum atomic E-state index is -0.261. The van der Waals surface area contributed by atoms with Gasteiger partial charge in [0.25, 0.3) is 5.91 Å². The second kappa shape index (κ2) is 8.24. The lowest BCUT2D eigenvalue weighted by Crippen LogP contribution is -2.14. The van der Waals surface area contributed by atoms with Crippen molar-refractivity contribution in [3.05, 3.63) is 68.6 Å². The van der Waals surface area contributed by atoms with Gasteiger partial charge in [-0.05, 0) is 44.2 Å². The molecule has 0 saturated heterocycles. The first kappa shape index (κ1) is 18.9. The van der Waals surface area contributed by atoms with E-state index in [0.717, 1.165) is 21.5 Å². The van der Waals surface area contributed by atoms with Gasteiger partial charge in [-0.25, -0.2) is 4.98 Å². The van der Waals surface area contributed by atoms with Crippen LogP contribution < -0.4 is 5.32 Å². The summed E-state index contributed by atoms with van der Waals surface area (Å²) in [5, 5.41) is 7.88. The van der Waals surface area contributed by atoms with Crippen LogP contribution in [0.25, 0.3) is 0 Å². The van der Waals surface area contributed by atoms with Gasteiger partial charge in [0.1, 0.15) is 10.8 Å². The molecule has 0 aliphatic rings. The topological polar surface area (TPSA) is 68.0 Å². The summed E-state index contributed by atoms with van der Waals surface area (Å²) in [5.74, 6) is 1.14. The summed E-state index contributed by atoms with van der Waals surface area (Å²) < 4.78 is 6.03. The molecule has 1 N–H and O–H groups in total.